The number of benzene rings is 2. The number of ether oxygens (including phenoxy) is 2. The second kappa shape index (κ2) is 9.31. The molecule has 2 aromatic carbocycles. The van der Waals surface area contributed by atoms with E-state index in [1.807, 2.05) is 55.6 Å². The number of esters is 1. The van der Waals surface area contributed by atoms with Crippen LogP contribution in [0.25, 0.3) is 11.3 Å². The van der Waals surface area contributed by atoms with Gasteiger partial charge in [0.05, 0.1) is 22.5 Å². The number of thiazole rings is 1. The van der Waals surface area contributed by atoms with E-state index >= 15 is 0 Å². The topological polar surface area (TPSA) is 68.7 Å². The van der Waals surface area contributed by atoms with Crippen LogP contribution in [0.3, 0.4) is 0 Å². The largest absolute Gasteiger partial charge is 0.482 e. The molecule has 4 rings (SSSR count). The number of fused-ring (bicyclic) bond motifs is 1. The van der Waals surface area contributed by atoms with Crippen LogP contribution in [-0.2, 0) is 20.7 Å². The Bertz CT molecular complexity index is 1080. The zero-order valence-corrected chi connectivity index (χ0v) is 18.4. The molecular formula is C24H24N2O4S. The smallest absolute Gasteiger partial charge is 0.326 e. The summed E-state index contributed by atoms with van der Waals surface area (Å²) >= 11 is 1.60. The molecule has 1 amide bonds. The van der Waals surface area contributed by atoms with Crippen molar-refractivity contribution in [3.05, 3.63) is 64.5 Å². The van der Waals surface area contributed by atoms with Gasteiger partial charge in [0.2, 0.25) is 0 Å². The van der Waals surface area contributed by atoms with Gasteiger partial charge in [0.15, 0.2) is 6.61 Å². The van der Waals surface area contributed by atoms with Crippen LogP contribution in [0.15, 0.2) is 53.9 Å². The van der Waals surface area contributed by atoms with Gasteiger partial charge in [-0.1, -0.05) is 37.3 Å². The first kappa shape index (κ1) is 21.1. The van der Waals surface area contributed by atoms with Crippen LogP contribution in [0.2, 0.25) is 0 Å². The van der Waals surface area contributed by atoms with Crippen molar-refractivity contribution in [2.45, 2.75) is 32.8 Å². The average Bonchev–Trinajstić information content (AvgIpc) is 3.24. The van der Waals surface area contributed by atoms with Crippen LogP contribution in [-0.4, -0.2) is 36.1 Å². The lowest BCUT2D eigenvalue weighted by Crippen LogP contribution is -2.42. The van der Waals surface area contributed by atoms with Crippen molar-refractivity contribution in [2.75, 3.05) is 18.1 Å². The van der Waals surface area contributed by atoms with Crippen molar-refractivity contribution in [1.82, 2.24) is 4.98 Å². The minimum absolute atomic E-state index is 0.0963. The van der Waals surface area contributed by atoms with Gasteiger partial charge in [0.25, 0.3) is 5.91 Å². The Morgan fingerprint density at radius 2 is 2.06 bits per heavy atom. The van der Waals surface area contributed by atoms with Crippen LogP contribution in [0.1, 0.15) is 30.8 Å². The third-order valence-electron chi connectivity index (χ3n) is 5.14. The quantitative estimate of drug-likeness (QED) is 0.511. The Hall–Kier alpha value is -3.19. The first-order chi connectivity index (χ1) is 15.0. The number of rotatable bonds is 7. The Balaban J connectivity index is 1.56. The van der Waals surface area contributed by atoms with Gasteiger partial charge in [-0.25, -0.2) is 4.98 Å². The first-order valence-electron chi connectivity index (χ1n) is 10.3. The molecule has 0 fully saturated rings. The van der Waals surface area contributed by atoms with E-state index in [0.29, 0.717) is 11.4 Å². The van der Waals surface area contributed by atoms with E-state index in [9.17, 15) is 9.59 Å². The SMILES string of the molecule is CCC(C)OC(=O)CN1C(=O)COc2ccc(-c3csc(Cc4ccccc4)n3)cc21. The van der Waals surface area contributed by atoms with Crippen molar-refractivity contribution in [3.63, 3.8) is 0 Å². The molecule has 1 aliphatic rings. The van der Waals surface area contributed by atoms with E-state index < -0.39 is 5.97 Å². The third kappa shape index (κ3) is 4.94. The zero-order chi connectivity index (χ0) is 21.8. The highest BCUT2D eigenvalue weighted by Gasteiger charge is 2.29. The summed E-state index contributed by atoms with van der Waals surface area (Å²) in [7, 11) is 0. The van der Waals surface area contributed by atoms with Crippen molar-refractivity contribution in [3.8, 4) is 17.0 Å². The fourth-order valence-electron chi connectivity index (χ4n) is 3.30. The molecule has 0 bridgehead atoms. The van der Waals surface area contributed by atoms with Gasteiger partial charge in [-0.05, 0) is 37.1 Å². The average molecular weight is 437 g/mol. The Morgan fingerprint density at radius 3 is 2.84 bits per heavy atom. The molecule has 1 unspecified atom stereocenters. The third-order valence-corrected chi connectivity index (χ3v) is 5.99. The highest BCUT2D eigenvalue weighted by Crippen LogP contribution is 2.36. The van der Waals surface area contributed by atoms with Crippen molar-refractivity contribution in [1.29, 1.82) is 0 Å². The lowest BCUT2D eigenvalue weighted by molar-refractivity contribution is -0.147. The fraction of sp³-hybridized carbons (Fsp3) is 0.292. The number of anilines is 1. The molecule has 1 aromatic heterocycles. The van der Waals surface area contributed by atoms with Crippen molar-refractivity contribution >= 4 is 28.9 Å². The Kier molecular flexibility index (Phi) is 6.32. The van der Waals surface area contributed by atoms with E-state index in [1.165, 1.54) is 10.5 Å². The predicted molar refractivity (Wildman–Crippen MR) is 120 cm³/mol. The van der Waals surface area contributed by atoms with Gasteiger partial charge in [-0.2, -0.15) is 0 Å². The molecule has 0 saturated heterocycles. The summed E-state index contributed by atoms with van der Waals surface area (Å²) in [5.41, 5.74) is 3.47. The van der Waals surface area contributed by atoms with E-state index in [4.69, 9.17) is 14.5 Å². The molecule has 2 heterocycles. The molecule has 6 nitrogen and oxygen atoms in total. The minimum atomic E-state index is -0.431. The predicted octanol–water partition coefficient (Wildman–Crippen LogP) is 4.47. The maximum absolute atomic E-state index is 12.5. The highest BCUT2D eigenvalue weighted by molar-refractivity contribution is 7.10. The number of hydrogen-bond donors (Lipinski definition) is 0. The molecule has 3 aromatic rings. The van der Waals surface area contributed by atoms with Crippen molar-refractivity contribution in [2.24, 2.45) is 0 Å². The van der Waals surface area contributed by atoms with Gasteiger partial charge in [0, 0.05) is 17.4 Å². The summed E-state index contributed by atoms with van der Waals surface area (Å²) in [6, 6.07) is 15.8. The minimum Gasteiger partial charge on any atom is -0.482 e. The molecule has 7 heteroatoms. The molecule has 0 N–H and O–H groups in total. The van der Waals surface area contributed by atoms with Crippen LogP contribution in [0, 0.1) is 0 Å². The summed E-state index contributed by atoms with van der Waals surface area (Å²) in [6.45, 7) is 3.54. The van der Waals surface area contributed by atoms with Gasteiger partial charge in [-0.15, -0.1) is 11.3 Å². The summed E-state index contributed by atoms with van der Waals surface area (Å²) < 4.78 is 10.9. The van der Waals surface area contributed by atoms with E-state index in [2.05, 4.69) is 12.1 Å². The van der Waals surface area contributed by atoms with Gasteiger partial charge in [0.1, 0.15) is 12.3 Å². The standard InChI is InChI=1S/C24H24N2O4S/c1-3-16(2)30-24(28)13-26-20-12-18(9-10-21(20)29-14-23(26)27)19-15-31-22(25-19)11-17-7-5-4-6-8-17/h4-10,12,15-16H,3,11,13-14H2,1-2H3. The lowest BCUT2D eigenvalue weighted by Gasteiger charge is -2.29. The summed E-state index contributed by atoms with van der Waals surface area (Å²) in [4.78, 5) is 31.0. The molecule has 31 heavy (non-hydrogen) atoms. The van der Waals surface area contributed by atoms with Gasteiger partial charge >= 0.3 is 5.97 Å². The molecule has 160 valence electrons. The Labute approximate surface area is 185 Å². The highest BCUT2D eigenvalue weighted by atomic mass is 32.1. The first-order valence-corrected chi connectivity index (χ1v) is 11.2. The second-order valence-corrected chi connectivity index (χ2v) is 8.39. The number of nitrogens with zero attached hydrogens (tertiary/aromatic N) is 2. The zero-order valence-electron chi connectivity index (χ0n) is 17.5. The second-order valence-electron chi connectivity index (χ2n) is 7.45. The summed E-state index contributed by atoms with van der Waals surface area (Å²) in [5, 5.41) is 3.02. The maximum Gasteiger partial charge on any atom is 0.326 e. The molecule has 0 spiro atoms. The maximum atomic E-state index is 12.5. The van der Waals surface area contributed by atoms with Crippen LogP contribution >= 0.6 is 11.3 Å². The molecule has 1 atom stereocenters. The van der Waals surface area contributed by atoms with E-state index in [1.54, 1.807) is 11.3 Å². The number of amides is 1. The van der Waals surface area contributed by atoms with Crippen LogP contribution in [0.5, 0.6) is 5.75 Å². The summed E-state index contributed by atoms with van der Waals surface area (Å²) in [6.07, 6.45) is 1.30. The van der Waals surface area contributed by atoms with E-state index in [0.717, 1.165) is 29.1 Å². The molecule has 0 radical (unpaired) electrons. The number of carbonyl (C=O) groups excluding carboxylic acids is 2. The molecule has 0 aliphatic carbocycles. The van der Waals surface area contributed by atoms with E-state index in [-0.39, 0.29) is 25.2 Å². The number of hydrogen-bond acceptors (Lipinski definition) is 6. The lowest BCUT2D eigenvalue weighted by atomic mass is 10.1. The van der Waals surface area contributed by atoms with Gasteiger partial charge < -0.3 is 9.47 Å². The molecule has 0 saturated carbocycles. The number of carbonyl (C=O) groups is 2. The van der Waals surface area contributed by atoms with Crippen molar-refractivity contribution < 1.29 is 19.1 Å². The molecule has 1 aliphatic heterocycles. The van der Waals surface area contributed by atoms with Crippen LogP contribution in [0.4, 0.5) is 5.69 Å². The molecular weight excluding hydrogens is 412 g/mol. The van der Waals surface area contributed by atoms with Gasteiger partial charge in [-0.3, -0.25) is 14.5 Å². The monoisotopic (exact) mass is 436 g/mol. The van der Waals surface area contributed by atoms with Crippen LogP contribution < -0.4 is 9.64 Å². The number of aromatic nitrogens is 1. The normalized spacial score (nSPS) is 14.0. The fourth-order valence-corrected chi connectivity index (χ4v) is 4.14. The summed E-state index contributed by atoms with van der Waals surface area (Å²) in [5.74, 6) is -0.131. The Morgan fingerprint density at radius 1 is 1.26 bits per heavy atom.